The van der Waals surface area contributed by atoms with E-state index in [-0.39, 0.29) is 0 Å². The minimum Gasteiger partial charge on any atom is -0.497 e. The molecule has 0 saturated carbocycles. The quantitative estimate of drug-likeness (QED) is 0.534. The number of para-hydroxylation sites is 1. The average molecular weight is 482 g/mol. The lowest BCUT2D eigenvalue weighted by Crippen LogP contribution is -2.47. The molecule has 3 aromatic carbocycles. The zero-order valence-corrected chi connectivity index (χ0v) is 20.7. The summed E-state index contributed by atoms with van der Waals surface area (Å²) in [6.45, 7) is 4.86. The molecule has 0 radical (unpaired) electrons. The van der Waals surface area contributed by atoms with E-state index in [0.29, 0.717) is 19.6 Å². The Labute approximate surface area is 212 Å². The van der Waals surface area contributed by atoms with Crippen LogP contribution in [0.2, 0.25) is 0 Å². The molecule has 0 amide bonds. The molecule has 3 aliphatic rings. The van der Waals surface area contributed by atoms with Crippen molar-refractivity contribution in [2.45, 2.75) is 25.0 Å². The fourth-order valence-corrected chi connectivity index (χ4v) is 5.91. The Morgan fingerprint density at radius 2 is 1.58 bits per heavy atom. The first-order valence-electron chi connectivity index (χ1n) is 12.8. The van der Waals surface area contributed by atoms with Crippen LogP contribution in [0.4, 0.5) is 11.4 Å². The Balaban J connectivity index is 1.39. The van der Waals surface area contributed by atoms with Gasteiger partial charge in [-0.1, -0.05) is 30.3 Å². The van der Waals surface area contributed by atoms with E-state index >= 15 is 0 Å². The summed E-state index contributed by atoms with van der Waals surface area (Å²) in [4.78, 5) is 4.81. The summed E-state index contributed by atoms with van der Waals surface area (Å²) in [6, 6.07) is 23.6. The summed E-state index contributed by atoms with van der Waals surface area (Å²) in [6.07, 6.45) is 2.22. The van der Waals surface area contributed by atoms with Crippen molar-refractivity contribution in [3.05, 3.63) is 77.4 Å². The molecule has 0 bridgehead atoms. The van der Waals surface area contributed by atoms with E-state index in [4.69, 9.17) is 14.2 Å². The number of methoxy groups -OCH3 is 1. The first kappa shape index (κ1) is 22.9. The number of hydrogen-bond donors (Lipinski definition) is 0. The number of piperazine rings is 1. The summed E-state index contributed by atoms with van der Waals surface area (Å²) >= 11 is 0. The van der Waals surface area contributed by atoms with Gasteiger partial charge < -0.3 is 24.0 Å². The molecule has 0 aromatic heterocycles. The molecular weight excluding hydrogens is 450 g/mol. The second-order valence-corrected chi connectivity index (χ2v) is 9.71. The highest BCUT2D eigenvalue weighted by Gasteiger charge is 2.42. The second-order valence-electron chi connectivity index (χ2n) is 9.71. The van der Waals surface area contributed by atoms with E-state index < -0.39 is 5.79 Å². The van der Waals surface area contributed by atoms with Crippen molar-refractivity contribution < 1.29 is 14.2 Å². The predicted molar refractivity (Wildman–Crippen MR) is 141 cm³/mol. The molecular formula is C30H31N3O3. The van der Waals surface area contributed by atoms with Gasteiger partial charge in [-0.05, 0) is 59.0 Å². The van der Waals surface area contributed by atoms with Crippen molar-refractivity contribution in [2.24, 2.45) is 0 Å². The Morgan fingerprint density at radius 3 is 2.25 bits per heavy atom. The molecule has 184 valence electrons. The molecule has 2 fully saturated rings. The zero-order valence-electron chi connectivity index (χ0n) is 20.7. The fourth-order valence-electron chi connectivity index (χ4n) is 5.91. The van der Waals surface area contributed by atoms with Crippen LogP contribution in [-0.4, -0.2) is 52.3 Å². The van der Waals surface area contributed by atoms with Crippen LogP contribution in [0.15, 0.2) is 60.7 Å². The normalized spacial score (nSPS) is 18.7. The van der Waals surface area contributed by atoms with Crippen molar-refractivity contribution in [2.75, 3.05) is 56.3 Å². The maximum atomic E-state index is 10.4. The first-order chi connectivity index (χ1) is 17.7. The topological polar surface area (TPSA) is 58.0 Å². The summed E-state index contributed by atoms with van der Waals surface area (Å²) in [5, 5.41) is 10.4. The lowest BCUT2D eigenvalue weighted by molar-refractivity contribution is -0.163. The summed E-state index contributed by atoms with van der Waals surface area (Å²) < 4.78 is 17.6. The van der Waals surface area contributed by atoms with Gasteiger partial charge in [-0.15, -0.1) is 0 Å². The first-order valence-corrected chi connectivity index (χ1v) is 12.8. The van der Waals surface area contributed by atoms with Crippen LogP contribution in [0.1, 0.15) is 23.1 Å². The summed E-state index contributed by atoms with van der Waals surface area (Å²) in [5.74, 6) is 0.265. The second kappa shape index (κ2) is 9.50. The number of ether oxygens (including phenoxy) is 3. The Bertz CT molecular complexity index is 1270. The SMILES string of the molecule is COc1ccc(-c2cc(N3CCN(c4ccccc4)CC3)c(C#N)c3c2CC2(CC3)OCCO2)cc1. The Kier molecular flexibility index (Phi) is 6.04. The van der Waals surface area contributed by atoms with E-state index in [1.54, 1.807) is 7.11 Å². The molecule has 6 heteroatoms. The van der Waals surface area contributed by atoms with Crippen LogP contribution in [0.3, 0.4) is 0 Å². The average Bonchev–Trinajstić information content (AvgIpc) is 3.40. The van der Waals surface area contributed by atoms with Crippen LogP contribution < -0.4 is 14.5 Å². The number of anilines is 2. The fraction of sp³-hybridized carbons (Fsp3) is 0.367. The van der Waals surface area contributed by atoms with Gasteiger partial charge in [-0.3, -0.25) is 0 Å². The molecule has 2 aliphatic heterocycles. The maximum Gasteiger partial charge on any atom is 0.172 e. The molecule has 1 aliphatic carbocycles. The predicted octanol–water partition coefficient (Wildman–Crippen LogP) is 4.79. The molecule has 3 aromatic rings. The van der Waals surface area contributed by atoms with Gasteiger partial charge in [-0.2, -0.15) is 5.26 Å². The molecule has 6 rings (SSSR count). The van der Waals surface area contributed by atoms with E-state index in [9.17, 15) is 5.26 Å². The van der Waals surface area contributed by atoms with Crippen LogP contribution >= 0.6 is 0 Å². The zero-order chi connectivity index (χ0) is 24.5. The smallest absolute Gasteiger partial charge is 0.172 e. The highest BCUT2D eigenvalue weighted by Crippen LogP contribution is 2.44. The monoisotopic (exact) mass is 481 g/mol. The third kappa shape index (κ3) is 4.09. The Hall–Kier alpha value is -3.53. The van der Waals surface area contributed by atoms with E-state index in [2.05, 4.69) is 64.4 Å². The Morgan fingerprint density at radius 1 is 0.889 bits per heavy atom. The standard InChI is InChI=1S/C30H31N3O3/c1-34-24-9-7-22(8-10-24)26-19-29(33-15-13-32(14-16-33)23-5-3-2-4-6-23)28(21-31)25-11-12-30(20-27(25)26)35-17-18-36-30/h2-10,19H,11-18,20H2,1H3. The van der Waals surface area contributed by atoms with Gasteiger partial charge in [0.1, 0.15) is 11.8 Å². The van der Waals surface area contributed by atoms with E-state index in [1.807, 2.05) is 12.1 Å². The molecule has 2 heterocycles. The third-order valence-electron chi connectivity index (χ3n) is 7.80. The van der Waals surface area contributed by atoms with Crippen molar-refractivity contribution in [1.29, 1.82) is 5.26 Å². The summed E-state index contributed by atoms with van der Waals surface area (Å²) in [7, 11) is 1.68. The van der Waals surface area contributed by atoms with Gasteiger partial charge in [0.25, 0.3) is 0 Å². The van der Waals surface area contributed by atoms with Crippen LogP contribution in [0.25, 0.3) is 11.1 Å². The van der Waals surface area contributed by atoms with Gasteiger partial charge in [-0.25, -0.2) is 0 Å². The molecule has 0 N–H and O–H groups in total. The minimum atomic E-state index is -0.566. The lowest BCUT2D eigenvalue weighted by Gasteiger charge is -2.40. The highest BCUT2D eigenvalue weighted by atomic mass is 16.7. The molecule has 36 heavy (non-hydrogen) atoms. The van der Waals surface area contributed by atoms with E-state index in [1.165, 1.54) is 11.3 Å². The number of nitriles is 1. The van der Waals surface area contributed by atoms with Crippen molar-refractivity contribution >= 4 is 11.4 Å². The number of hydrogen-bond acceptors (Lipinski definition) is 6. The summed E-state index contributed by atoms with van der Waals surface area (Å²) in [5.41, 5.74) is 7.71. The highest BCUT2D eigenvalue weighted by molar-refractivity contribution is 5.79. The van der Waals surface area contributed by atoms with Gasteiger partial charge in [0.05, 0.1) is 31.6 Å². The van der Waals surface area contributed by atoms with Crippen molar-refractivity contribution in [3.8, 4) is 22.9 Å². The maximum absolute atomic E-state index is 10.4. The van der Waals surface area contributed by atoms with Crippen LogP contribution in [0.5, 0.6) is 5.75 Å². The lowest BCUT2D eigenvalue weighted by atomic mass is 9.79. The van der Waals surface area contributed by atoms with Crippen LogP contribution in [0, 0.1) is 11.3 Å². The molecule has 6 nitrogen and oxygen atoms in total. The van der Waals surface area contributed by atoms with Crippen molar-refractivity contribution in [1.82, 2.24) is 0 Å². The van der Waals surface area contributed by atoms with Gasteiger partial charge in [0.2, 0.25) is 0 Å². The molecule has 0 atom stereocenters. The number of nitrogens with zero attached hydrogens (tertiary/aromatic N) is 3. The van der Waals surface area contributed by atoms with Gasteiger partial charge in [0.15, 0.2) is 5.79 Å². The number of fused-ring (bicyclic) bond motifs is 1. The van der Waals surface area contributed by atoms with Crippen molar-refractivity contribution in [3.63, 3.8) is 0 Å². The van der Waals surface area contributed by atoms with E-state index in [0.717, 1.165) is 72.7 Å². The molecule has 0 unspecified atom stereocenters. The minimum absolute atomic E-state index is 0.566. The van der Waals surface area contributed by atoms with Gasteiger partial charge >= 0.3 is 0 Å². The molecule has 2 saturated heterocycles. The number of rotatable bonds is 4. The van der Waals surface area contributed by atoms with Gasteiger partial charge in [0, 0.05) is 44.7 Å². The molecule has 1 spiro atoms. The van der Waals surface area contributed by atoms with Crippen LogP contribution in [-0.2, 0) is 22.3 Å². The third-order valence-corrected chi connectivity index (χ3v) is 7.80. The number of benzene rings is 3. The largest absolute Gasteiger partial charge is 0.497 e.